The minimum atomic E-state index is -0.481. The number of ether oxygens (including phenoxy) is 1. The van der Waals surface area contributed by atoms with Crippen LogP contribution >= 0.6 is 11.6 Å². The lowest BCUT2D eigenvalue weighted by Crippen LogP contribution is -2.35. The van der Waals surface area contributed by atoms with Gasteiger partial charge in [0, 0.05) is 40.2 Å². The molecule has 144 valence electrons. The van der Waals surface area contributed by atoms with Gasteiger partial charge < -0.3 is 14.5 Å². The van der Waals surface area contributed by atoms with Crippen molar-refractivity contribution in [3.8, 4) is 0 Å². The number of hydrogen-bond acceptors (Lipinski definition) is 5. The third-order valence-electron chi connectivity index (χ3n) is 5.38. The van der Waals surface area contributed by atoms with E-state index in [1.807, 2.05) is 31.2 Å². The highest BCUT2D eigenvalue weighted by atomic mass is 35.5. The predicted molar refractivity (Wildman–Crippen MR) is 105 cm³/mol. The van der Waals surface area contributed by atoms with Gasteiger partial charge in [-0.15, -0.1) is 0 Å². The van der Waals surface area contributed by atoms with Crippen LogP contribution in [0.4, 0.5) is 0 Å². The van der Waals surface area contributed by atoms with E-state index in [9.17, 15) is 9.59 Å². The van der Waals surface area contributed by atoms with Gasteiger partial charge in [-0.3, -0.25) is 4.79 Å². The first kappa shape index (κ1) is 18.6. The second-order valence-electron chi connectivity index (χ2n) is 7.08. The first-order chi connectivity index (χ1) is 13.5. The summed E-state index contributed by atoms with van der Waals surface area (Å²) in [5, 5.41) is 3.88. The fourth-order valence-corrected chi connectivity index (χ4v) is 4.26. The molecule has 2 aliphatic rings. The zero-order valence-corrected chi connectivity index (χ0v) is 16.4. The number of Topliss-reactive ketones (excluding diaryl/α,β-unsaturated/α-hetero) is 1. The molecule has 4 rings (SSSR count). The molecule has 1 aromatic heterocycles. The molecule has 1 aromatic carbocycles. The van der Waals surface area contributed by atoms with Gasteiger partial charge in [-0.2, -0.15) is 0 Å². The number of methoxy groups -OCH3 is 1. The third kappa shape index (κ3) is 3.16. The Bertz CT molecular complexity index is 986. The second-order valence-corrected chi connectivity index (χ2v) is 7.51. The van der Waals surface area contributed by atoms with Gasteiger partial charge in [-0.05, 0) is 43.2 Å². The Hall–Kier alpha value is -2.79. The van der Waals surface area contributed by atoms with Crippen molar-refractivity contribution in [1.29, 1.82) is 0 Å². The van der Waals surface area contributed by atoms with E-state index in [4.69, 9.17) is 20.8 Å². The summed E-state index contributed by atoms with van der Waals surface area (Å²) in [7, 11) is 1.35. The number of carbonyl (C=O) groups excluding carboxylic acids is 2. The summed E-state index contributed by atoms with van der Waals surface area (Å²) >= 11 is 6.04. The number of dihydropyridines is 1. The number of allylic oxidation sites excluding steroid dienone is 3. The average molecular weight is 398 g/mol. The number of ketones is 1. The molecule has 0 saturated heterocycles. The first-order valence-corrected chi connectivity index (χ1v) is 9.48. The fraction of sp³-hybridized carbons (Fsp3) is 0.273. The molecule has 0 amide bonds. The van der Waals surface area contributed by atoms with Gasteiger partial charge in [-0.25, -0.2) is 4.79 Å². The van der Waals surface area contributed by atoms with Gasteiger partial charge in [-0.1, -0.05) is 23.7 Å². The summed E-state index contributed by atoms with van der Waals surface area (Å²) < 4.78 is 10.5. The summed E-state index contributed by atoms with van der Waals surface area (Å²) in [6, 6.07) is 11.0. The van der Waals surface area contributed by atoms with Crippen LogP contribution in [0.25, 0.3) is 0 Å². The number of carbonyl (C=O) groups is 2. The Morgan fingerprint density at radius 2 is 1.96 bits per heavy atom. The summed E-state index contributed by atoms with van der Waals surface area (Å²) in [6.07, 6.45) is 2.60. The molecule has 6 heteroatoms. The Labute approximate surface area is 168 Å². The zero-order valence-electron chi connectivity index (χ0n) is 15.6. The topological polar surface area (TPSA) is 68.5 Å². The maximum Gasteiger partial charge on any atom is 0.336 e. The van der Waals surface area contributed by atoms with Gasteiger partial charge >= 0.3 is 5.97 Å². The van der Waals surface area contributed by atoms with Crippen LogP contribution in [0.5, 0.6) is 0 Å². The number of hydrogen-bond donors (Lipinski definition) is 1. The average Bonchev–Trinajstić information content (AvgIpc) is 3.21. The molecule has 0 bridgehead atoms. The lowest BCUT2D eigenvalue weighted by atomic mass is 9.72. The molecule has 2 aromatic rings. The fourth-order valence-electron chi connectivity index (χ4n) is 4.13. The second kappa shape index (κ2) is 7.32. The maximum absolute atomic E-state index is 13.2. The van der Waals surface area contributed by atoms with Crippen LogP contribution in [0.15, 0.2) is 69.6 Å². The summed E-state index contributed by atoms with van der Waals surface area (Å²) in [5.74, 6) is -0.148. The molecular formula is C22H20ClNO4. The van der Waals surface area contributed by atoms with Crippen LogP contribution in [0.1, 0.15) is 42.9 Å². The molecule has 2 atom stereocenters. The Balaban J connectivity index is 1.82. The van der Waals surface area contributed by atoms with Gasteiger partial charge in [0.05, 0.1) is 18.9 Å². The van der Waals surface area contributed by atoms with Crippen LogP contribution in [-0.2, 0) is 14.3 Å². The third-order valence-corrected chi connectivity index (χ3v) is 5.63. The van der Waals surface area contributed by atoms with E-state index >= 15 is 0 Å². The van der Waals surface area contributed by atoms with Crippen LogP contribution < -0.4 is 5.32 Å². The molecule has 1 N–H and O–H groups in total. The first-order valence-electron chi connectivity index (χ1n) is 9.10. The molecule has 0 saturated carbocycles. The van der Waals surface area contributed by atoms with E-state index in [1.165, 1.54) is 7.11 Å². The van der Waals surface area contributed by atoms with Crippen molar-refractivity contribution < 1.29 is 18.7 Å². The van der Waals surface area contributed by atoms with Crippen LogP contribution in [0.3, 0.4) is 0 Å². The number of nitrogens with one attached hydrogen (secondary N) is 1. The molecular weight excluding hydrogens is 378 g/mol. The van der Waals surface area contributed by atoms with Crippen molar-refractivity contribution in [2.75, 3.05) is 7.11 Å². The van der Waals surface area contributed by atoms with Crippen molar-refractivity contribution in [2.45, 2.75) is 31.6 Å². The maximum atomic E-state index is 13.2. The van der Waals surface area contributed by atoms with Crippen molar-refractivity contribution >= 4 is 23.4 Å². The molecule has 1 aliphatic carbocycles. The van der Waals surface area contributed by atoms with E-state index < -0.39 is 11.9 Å². The van der Waals surface area contributed by atoms with Crippen molar-refractivity contribution in [2.24, 2.45) is 0 Å². The van der Waals surface area contributed by atoms with E-state index in [-0.39, 0.29) is 11.7 Å². The largest absolute Gasteiger partial charge is 0.469 e. The summed E-state index contributed by atoms with van der Waals surface area (Å²) in [5.41, 5.74) is 3.44. The summed E-state index contributed by atoms with van der Waals surface area (Å²) in [6.45, 7) is 1.83. The lowest BCUT2D eigenvalue weighted by Gasteiger charge is -2.36. The van der Waals surface area contributed by atoms with Gasteiger partial charge in [0.2, 0.25) is 0 Å². The minimum Gasteiger partial charge on any atom is -0.469 e. The number of furan rings is 1. The van der Waals surface area contributed by atoms with E-state index in [0.717, 1.165) is 17.0 Å². The van der Waals surface area contributed by atoms with E-state index in [1.54, 1.807) is 18.4 Å². The van der Waals surface area contributed by atoms with Crippen molar-refractivity contribution in [1.82, 2.24) is 5.32 Å². The molecule has 2 heterocycles. The van der Waals surface area contributed by atoms with Crippen LogP contribution in [-0.4, -0.2) is 18.9 Å². The van der Waals surface area contributed by atoms with Gasteiger partial charge in [0.15, 0.2) is 5.78 Å². The standard InChI is InChI=1S/C22H20ClNO4/c1-12-19(22(26)27-2)20(13-5-7-15(23)8-6-13)21-16(24-12)10-14(11-17(21)25)18-4-3-9-28-18/h3-9,14,20,24H,10-11H2,1-2H3/t14-,20-/m0/s1. The predicted octanol–water partition coefficient (Wildman–Crippen LogP) is 4.47. The van der Waals surface area contributed by atoms with Crippen molar-refractivity contribution in [3.05, 3.63) is 81.5 Å². The highest BCUT2D eigenvalue weighted by Crippen LogP contribution is 2.45. The summed E-state index contributed by atoms with van der Waals surface area (Å²) in [4.78, 5) is 25.8. The molecule has 28 heavy (non-hydrogen) atoms. The SMILES string of the molecule is COC(=O)C1=C(C)NC2=C(C(=O)C[C@@H](c3ccco3)C2)[C@H]1c1ccc(Cl)cc1. The minimum absolute atomic E-state index is 0.00371. The monoisotopic (exact) mass is 397 g/mol. The lowest BCUT2D eigenvalue weighted by molar-refractivity contribution is -0.136. The highest BCUT2D eigenvalue weighted by molar-refractivity contribution is 6.30. The molecule has 0 fully saturated rings. The Morgan fingerprint density at radius 3 is 2.61 bits per heavy atom. The number of esters is 1. The van der Waals surface area contributed by atoms with Gasteiger partial charge in [0.1, 0.15) is 5.76 Å². The van der Waals surface area contributed by atoms with Crippen LogP contribution in [0, 0.1) is 0 Å². The molecule has 0 unspecified atom stereocenters. The highest BCUT2D eigenvalue weighted by Gasteiger charge is 2.41. The number of benzene rings is 1. The molecule has 5 nitrogen and oxygen atoms in total. The van der Waals surface area contributed by atoms with Crippen molar-refractivity contribution in [3.63, 3.8) is 0 Å². The van der Waals surface area contributed by atoms with E-state index in [0.29, 0.717) is 34.7 Å². The van der Waals surface area contributed by atoms with Gasteiger partial charge in [0.25, 0.3) is 0 Å². The quantitative estimate of drug-likeness (QED) is 0.774. The normalized spacial score (nSPS) is 22.0. The molecule has 0 spiro atoms. The zero-order chi connectivity index (χ0) is 19.8. The molecule has 0 radical (unpaired) electrons. The van der Waals surface area contributed by atoms with Crippen LogP contribution in [0.2, 0.25) is 5.02 Å². The van der Waals surface area contributed by atoms with E-state index in [2.05, 4.69) is 5.32 Å². The Kier molecular flexibility index (Phi) is 4.85. The Morgan fingerprint density at radius 1 is 1.21 bits per heavy atom. The number of halogens is 1. The smallest absolute Gasteiger partial charge is 0.336 e. The number of rotatable bonds is 3. The molecule has 1 aliphatic heterocycles.